The van der Waals surface area contributed by atoms with Crippen molar-refractivity contribution in [2.24, 2.45) is 5.92 Å². The van der Waals surface area contributed by atoms with Crippen LogP contribution < -0.4 is 14.8 Å². The highest BCUT2D eigenvalue weighted by Crippen LogP contribution is 2.32. The SMILES string of the molecule is CCOc1ccccc1NC(=O)C1CCN(S(=O)(=O)c2cc(Cl)ccc2OC)CC1. The van der Waals surface area contributed by atoms with Gasteiger partial charge in [0.25, 0.3) is 0 Å². The van der Waals surface area contributed by atoms with Gasteiger partial charge in [-0.3, -0.25) is 4.79 Å². The maximum atomic E-state index is 13.1. The molecule has 9 heteroatoms. The van der Waals surface area contributed by atoms with Crippen LogP contribution in [0.4, 0.5) is 5.69 Å². The summed E-state index contributed by atoms with van der Waals surface area (Å²) in [4.78, 5) is 12.8. The summed E-state index contributed by atoms with van der Waals surface area (Å²) in [6.07, 6.45) is 0.843. The van der Waals surface area contributed by atoms with Crippen molar-refractivity contribution in [2.75, 3.05) is 32.1 Å². The lowest BCUT2D eigenvalue weighted by atomic mass is 9.97. The lowest BCUT2D eigenvalue weighted by Crippen LogP contribution is -2.41. The van der Waals surface area contributed by atoms with Gasteiger partial charge >= 0.3 is 0 Å². The molecule has 7 nitrogen and oxygen atoms in total. The van der Waals surface area contributed by atoms with Crippen LogP contribution >= 0.6 is 11.6 Å². The van der Waals surface area contributed by atoms with Crippen LogP contribution in [0.5, 0.6) is 11.5 Å². The molecular formula is C21H25ClN2O5S. The van der Waals surface area contributed by atoms with E-state index < -0.39 is 10.0 Å². The van der Waals surface area contributed by atoms with Gasteiger partial charge in [0.15, 0.2) is 0 Å². The molecule has 0 aromatic heterocycles. The molecule has 0 spiro atoms. The molecule has 1 aliphatic rings. The molecule has 0 atom stereocenters. The number of carbonyl (C=O) groups excluding carboxylic acids is 1. The molecule has 0 saturated carbocycles. The van der Waals surface area contributed by atoms with E-state index in [-0.39, 0.29) is 35.6 Å². The van der Waals surface area contributed by atoms with Crippen molar-refractivity contribution in [3.05, 3.63) is 47.5 Å². The molecule has 3 rings (SSSR count). The molecule has 0 unspecified atom stereocenters. The number of hydrogen-bond acceptors (Lipinski definition) is 5. The number of sulfonamides is 1. The van der Waals surface area contributed by atoms with Gasteiger partial charge in [-0.1, -0.05) is 23.7 Å². The van der Waals surface area contributed by atoms with Crippen LogP contribution in [-0.2, 0) is 14.8 Å². The number of rotatable bonds is 7. The summed E-state index contributed by atoms with van der Waals surface area (Å²) in [5.74, 6) is 0.431. The summed E-state index contributed by atoms with van der Waals surface area (Å²) in [5.41, 5.74) is 0.614. The molecule has 0 bridgehead atoms. The molecule has 1 saturated heterocycles. The van der Waals surface area contributed by atoms with Crippen molar-refractivity contribution in [2.45, 2.75) is 24.7 Å². The second-order valence-corrected chi connectivity index (χ2v) is 9.23. The minimum Gasteiger partial charge on any atom is -0.495 e. The van der Waals surface area contributed by atoms with Crippen molar-refractivity contribution in [1.82, 2.24) is 4.31 Å². The average molecular weight is 453 g/mol. The Morgan fingerprint density at radius 2 is 1.87 bits per heavy atom. The molecule has 1 heterocycles. The van der Waals surface area contributed by atoms with E-state index in [1.54, 1.807) is 18.2 Å². The maximum Gasteiger partial charge on any atom is 0.246 e. The normalized spacial score (nSPS) is 15.6. The fourth-order valence-electron chi connectivity index (χ4n) is 3.44. The Hall–Kier alpha value is -2.29. The van der Waals surface area contributed by atoms with Gasteiger partial charge in [-0.25, -0.2) is 8.42 Å². The van der Waals surface area contributed by atoms with Gasteiger partial charge in [0, 0.05) is 24.0 Å². The van der Waals surface area contributed by atoms with Crippen LogP contribution in [0.1, 0.15) is 19.8 Å². The van der Waals surface area contributed by atoms with E-state index in [9.17, 15) is 13.2 Å². The Labute approximate surface area is 182 Å². The molecule has 1 aliphatic heterocycles. The van der Waals surface area contributed by atoms with Gasteiger partial charge < -0.3 is 14.8 Å². The van der Waals surface area contributed by atoms with E-state index in [4.69, 9.17) is 21.1 Å². The van der Waals surface area contributed by atoms with E-state index in [0.717, 1.165) is 0 Å². The standard InChI is InChI=1S/C21H25ClN2O5S/c1-3-29-18-7-5-4-6-17(18)23-21(25)15-10-12-24(13-11-15)30(26,27)20-14-16(22)8-9-19(20)28-2/h4-9,14-15H,3,10-13H2,1-2H3,(H,23,25). The lowest BCUT2D eigenvalue weighted by Gasteiger charge is -2.31. The molecule has 0 radical (unpaired) electrons. The number of anilines is 1. The van der Waals surface area contributed by atoms with Crippen LogP contribution in [-0.4, -0.2) is 45.4 Å². The number of ether oxygens (including phenoxy) is 2. The molecule has 162 valence electrons. The van der Waals surface area contributed by atoms with Crippen molar-refractivity contribution in [1.29, 1.82) is 0 Å². The number of benzene rings is 2. The molecule has 2 aromatic carbocycles. The van der Waals surface area contributed by atoms with Crippen LogP contribution in [0.3, 0.4) is 0 Å². The second kappa shape index (κ2) is 9.68. The first-order valence-corrected chi connectivity index (χ1v) is 11.5. The number of halogens is 1. The van der Waals surface area contributed by atoms with E-state index in [1.165, 1.54) is 23.5 Å². The van der Waals surface area contributed by atoms with Crippen molar-refractivity contribution >= 4 is 33.2 Å². The number of methoxy groups -OCH3 is 1. The first-order chi connectivity index (χ1) is 14.4. The lowest BCUT2D eigenvalue weighted by molar-refractivity contribution is -0.120. The number of piperidine rings is 1. The van der Waals surface area contributed by atoms with Gasteiger partial charge in [-0.05, 0) is 50.1 Å². The van der Waals surface area contributed by atoms with Gasteiger partial charge in [-0.15, -0.1) is 0 Å². The number of nitrogens with zero attached hydrogens (tertiary/aromatic N) is 1. The number of nitrogens with one attached hydrogen (secondary N) is 1. The Kier molecular flexibility index (Phi) is 7.23. The van der Waals surface area contributed by atoms with Crippen LogP contribution in [0.2, 0.25) is 5.02 Å². The first kappa shape index (κ1) is 22.4. The van der Waals surface area contributed by atoms with Crippen molar-refractivity contribution in [3.63, 3.8) is 0 Å². The second-order valence-electron chi connectivity index (χ2n) is 6.89. The zero-order valence-corrected chi connectivity index (χ0v) is 18.5. The number of carbonyl (C=O) groups is 1. The number of para-hydroxylation sites is 2. The Morgan fingerprint density at radius 3 is 2.53 bits per heavy atom. The third-order valence-electron chi connectivity index (χ3n) is 5.01. The Bertz CT molecular complexity index is 1000. The van der Waals surface area contributed by atoms with E-state index in [0.29, 0.717) is 35.9 Å². The van der Waals surface area contributed by atoms with E-state index in [2.05, 4.69) is 5.32 Å². The minimum atomic E-state index is -3.78. The molecule has 30 heavy (non-hydrogen) atoms. The predicted octanol–water partition coefficient (Wildman–Crippen LogP) is 3.79. The Morgan fingerprint density at radius 1 is 1.17 bits per heavy atom. The highest BCUT2D eigenvalue weighted by molar-refractivity contribution is 7.89. The topological polar surface area (TPSA) is 84.9 Å². The largest absolute Gasteiger partial charge is 0.495 e. The molecular weight excluding hydrogens is 428 g/mol. The van der Waals surface area contributed by atoms with Gasteiger partial charge in [-0.2, -0.15) is 4.31 Å². The highest BCUT2D eigenvalue weighted by Gasteiger charge is 2.34. The molecule has 0 aliphatic carbocycles. The van der Waals surface area contributed by atoms with Gasteiger partial charge in [0.2, 0.25) is 15.9 Å². The van der Waals surface area contributed by atoms with E-state index >= 15 is 0 Å². The summed E-state index contributed by atoms with van der Waals surface area (Å²) in [6, 6.07) is 11.8. The van der Waals surface area contributed by atoms with Crippen LogP contribution in [0, 0.1) is 5.92 Å². The van der Waals surface area contributed by atoms with Crippen molar-refractivity contribution in [3.8, 4) is 11.5 Å². The maximum absolute atomic E-state index is 13.1. The van der Waals surface area contributed by atoms with Crippen LogP contribution in [0.25, 0.3) is 0 Å². The third-order valence-corrected chi connectivity index (χ3v) is 7.17. The molecule has 1 fully saturated rings. The number of amides is 1. The number of hydrogen-bond donors (Lipinski definition) is 1. The van der Waals surface area contributed by atoms with Crippen molar-refractivity contribution < 1.29 is 22.7 Å². The fraction of sp³-hybridized carbons (Fsp3) is 0.381. The Balaban J connectivity index is 1.67. The summed E-state index contributed by atoms with van der Waals surface area (Å²) in [5, 5.41) is 3.22. The average Bonchev–Trinajstić information content (AvgIpc) is 2.75. The fourth-order valence-corrected chi connectivity index (χ4v) is 5.32. The summed E-state index contributed by atoms with van der Waals surface area (Å²) in [6.45, 7) is 2.85. The predicted molar refractivity (Wildman–Crippen MR) is 116 cm³/mol. The van der Waals surface area contributed by atoms with Gasteiger partial charge in [0.1, 0.15) is 16.4 Å². The van der Waals surface area contributed by atoms with Crippen LogP contribution in [0.15, 0.2) is 47.4 Å². The molecule has 1 amide bonds. The minimum absolute atomic E-state index is 0.0334. The summed E-state index contributed by atoms with van der Waals surface area (Å²) in [7, 11) is -2.36. The zero-order valence-electron chi connectivity index (χ0n) is 16.9. The summed E-state index contributed by atoms with van der Waals surface area (Å²) >= 11 is 5.99. The molecule has 1 N–H and O–H groups in total. The quantitative estimate of drug-likeness (QED) is 0.690. The summed E-state index contributed by atoms with van der Waals surface area (Å²) < 4.78 is 38.3. The molecule has 2 aromatic rings. The monoisotopic (exact) mass is 452 g/mol. The van der Waals surface area contributed by atoms with Gasteiger partial charge in [0.05, 0.1) is 19.4 Å². The smallest absolute Gasteiger partial charge is 0.246 e. The van der Waals surface area contributed by atoms with E-state index in [1.807, 2.05) is 19.1 Å². The first-order valence-electron chi connectivity index (χ1n) is 9.73. The third kappa shape index (κ3) is 4.88. The highest BCUT2D eigenvalue weighted by atomic mass is 35.5. The zero-order chi connectivity index (χ0) is 21.7.